The lowest BCUT2D eigenvalue weighted by Crippen LogP contribution is -2.26. The van der Waals surface area contributed by atoms with Crippen LogP contribution in [-0.4, -0.2) is 24.9 Å². The molecule has 0 spiro atoms. The van der Waals surface area contributed by atoms with E-state index in [-0.39, 0.29) is 11.5 Å². The summed E-state index contributed by atoms with van der Waals surface area (Å²) in [5, 5.41) is 10.9. The maximum Gasteiger partial charge on any atom is 0.243 e. The smallest absolute Gasteiger partial charge is 0.243 e. The van der Waals surface area contributed by atoms with Crippen molar-refractivity contribution in [3.05, 3.63) is 52.2 Å². The Balaban J connectivity index is 2.20. The van der Waals surface area contributed by atoms with Gasteiger partial charge in [0.15, 0.2) is 0 Å². The highest BCUT2D eigenvalue weighted by Gasteiger charge is 2.20. The summed E-state index contributed by atoms with van der Waals surface area (Å²) in [4.78, 5) is 1.24. The first-order valence-electron chi connectivity index (χ1n) is 5.72. The summed E-state index contributed by atoms with van der Waals surface area (Å²) in [7, 11) is -1.92. The van der Waals surface area contributed by atoms with Gasteiger partial charge in [0.25, 0.3) is 0 Å². The number of nitrogens with zero attached hydrogens (tertiary/aromatic N) is 1. The first-order valence-corrected chi connectivity index (χ1v) is 8.04. The van der Waals surface area contributed by atoms with Crippen LogP contribution in [0.5, 0.6) is 0 Å². The minimum atomic E-state index is -3.48. The van der Waals surface area contributed by atoms with E-state index in [9.17, 15) is 8.42 Å². The zero-order chi connectivity index (χ0) is 13.9. The molecule has 1 aromatic carbocycles. The molecule has 0 bridgehead atoms. The zero-order valence-electron chi connectivity index (χ0n) is 10.5. The lowest BCUT2D eigenvalue weighted by atomic mass is 10.2. The van der Waals surface area contributed by atoms with Gasteiger partial charge in [0.05, 0.1) is 11.5 Å². The molecule has 2 rings (SSSR count). The third-order valence-corrected chi connectivity index (χ3v) is 5.45. The summed E-state index contributed by atoms with van der Waals surface area (Å²) in [6.45, 7) is 0.271. The highest BCUT2D eigenvalue weighted by molar-refractivity contribution is 7.89. The number of aliphatic hydroxyl groups excluding tert-OH is 1. The molecule has 4 nitrogen and oxygen atoms in total. The van der Waals surface area contributed by atoms with Crippen molar-refractivity contribution in [1.29, 1.82) is 0 Å². The second-order valence-corrected chi connectivity index (χ2v) is 7.22. The maximum absolute atomic E-state index is 12.3. The van der Waals surface area contributed by atoms with E-state index >= 15 is 0 Å². The standard InChI is InChI=1S/C13H15NO3S2/c1-14(9-12-3-2-8-18-12)19(16,17)13-6-4-11(10-15)5-7-13/h2-8,15H,9-10H2,1H3. The Hall–Kier alpha value is -1.21. The van der Waals surface area contributed by atoms with Crippen molar-refractivity contribution in [3.8, 4) is 0 Å². The second kappa shape index (κ2) is 5.83. The lowest BCUT2D eigenvalue weighted by molar-refractivity contribution is 0.281. The zero-order valence-corrected chi connectivity index (χ0v) is 12.1. The lowest BCUT2D eigenvalue weighted by Gasteiger charge is -2.16. The Morgan fingerprint density at radius 2 is 1.89 bits per heavy atom. The van der Waals surface area contributed by atoms with Crippen LogP contribution in [0.3, 0.4) is 0 Å². The van der Waals surface area contributed by atoms with Gasteiger partial charge in [-0.15, -0.1) is 11.3 Å². The Bertz CT molecular complexity index is 618. The molecule has 0 aliphatic heterocycles. The van der Waals surface area contributed by atoms with Gasteiger partial charge in [-0.05, 0) is 29.1 Å². The summed E-state index contributed by atoms with van der Waals surface area (Å²) in [6, 6.07) is 10.1. The van der Waals surface area contributed by atoms with Crippen LogP contribution in [-0.2, 0) is 23.2 Å². The molecular weight excluding hydrogens is 282 g/mol. The van der Waals surface area contributed by atoms with Gasteiger partial charge in [-0.25, -0.2) is 8.42 Å². The van der Waals surface area contributed by atoms with Gasteiger partial charge in [0.1, 0.15) is 0 Å². The molecule has 0 radical (unpaired) electrons. The summed E-state index contributed by atoms with van der Waals surface area (Å²) in [5.41, 5.74) is 0.694. The number of aliphatic hydroxyl groups is 1. The van der Waals surface area contributed by atoms with Crippen LogP contribution < -0.4 is 0 Å². The molecule has 0 saturated heterocycles. The largest absolute Gasteiger partial charge is 0.392 e. The van der Waals surface area contributed by atoms with Crippen molar-refractivity contribution >= 4 is 21.4 Å². The van der Waals surface area contributed by atoms with E-state index in [0.717, 1.165) is 4.88 Å². The van der Waals surface area contributed by atoms with Crippen LogP contribution in [0.25, 0.3) is 0 Å². The van der Waals surface area contributed by atoms with E-state index in [0.29, 0.717) is 12.1 Å². The number of sulfonamides is 1. The van der Waals surface area contributed by atoms with E-state index in [1.165, 1.54) is 27.8 Å². The van der Waals surface area contributed by atoms with Crippen molar-refractivity contribution in [2.75, 3.05) is 7.05 Å². The molecule has 0 aliphatic rings. The van der Waals surface area contributed by atoms with E-state index < -0.39 is 10.0 Å². The predicted molar refractivity (Wildman–Crippen MR) is 75.3 cm³/mol. The van der Waals surface area contributed by atoms with Crippen molar-refractivity contribution in [2.45, 2.75) is 18.0 Å². The van der Waals surface area contributed by atoms with Gasteiger partial charge in [0, 0.05) is 18.5 Å². The van der Waals surface area contributed by atoms with Gasteiger partial charge >= 0.3 is 0 Å². The normalized spacial score (nSPS) is 11.9. The summed E-state index contributed by atoms with van der Waals surface area (Å²) in [6.07, 6.45) is 0. The van der Waals surface area contributed by atoms with Gasteiger partial charge in [-0.2, -0.15) is 4.31 Å². The SMILES string of the molecule is CN(Cc1cccs1)S(=O)(=O)c1ccc(CO)cc1. The fourth-order valence-electron chi connectivity index (χ4n) is 1.65. The highest BCUT2D eigenvalue weighted by atomic mass is 32.2. The molecule has 6 heteroatoms. The molecule has 0 unspecified atom stereocenters. The molecule has 102 valence electrons. The minimum Gasteiger partial charge on any atom is -0.392 e. The fourth-order valence-corrected chi connectivity index (χ4v) is 3.64. The van der Waals surface area contributed by atoms with Gasteiger partial charge < -0.3 is 5.11 Å². The minimum absolute atomic E-state index is 0.0919. The maximum atomic E-state index is 12.3. The van der Waals surface area contributed by atoms with Crippen molar-refractivity contribution < 1.29 is 13.5 Å². The number of thiophene rings is 1. The van der Waals surface area contributed by atoms with E-state index in [2.05, 4.69) is 0 Å². The quantitative estimate of drug-likeness (QED) is 0.919. The molecular formula is C13H15NO3S2. The third kappa shape index (κ3) is 3.22. The summed E-state index contributed by atoms with van der Waals surface area (Å²) in [5.74, 6) is 0. The predicted octanol–water partition coefficient (Wildman–Crippen LogP) is 2.06. The van der Waals surface area contributed by atoms with Crippen molar-refractivity contribution in [1.82, 2.24) is 4.31 Å². The van der Waals surface area contributed by atoms with Gasteiger partial charge in [-0.3, -0.25) is 0 Å². The van der Waals surface area contributed by atoms with E-state index in [1.807, 2.05) is 17.5 Å². The fraction of sp³-hybridized carbons (Fsp3) is 0.231. The molecule has 0 atom stereocenters. The molecule has 0 aliphatic carbocycles. The van der Waals surface area contributed by atoms with Crippen LogP contribution in [0.1, 0.15) is 10.4 Å². The number of benzene rings is 1. The number of hydrogen-bond donors (Lipinski definition) is 1. The average molecular weight is 297 g/mol. The molecule has 1 N–H and O–H groups in total. The van der Waals surface area contributed by atoms with E-state index in [1.54, 1.807) is 19.2 Å². The van der Waals surface area contributed by atoms with E-state index in [4.69, 9.17) is 5.11 Å². The first kappa shape index (κ1) is 14.2. The Labute approximate surface area is 117 Å². The van der Waals surface area contributed by atoms with Gasteiger partial charge in [-0.1, -0.05) is 18.2 Å². The Kier molecular flexibility index (Phi) is 4.36. The molecule has 2 aromatic rings. The molecule has 1 aromatic heterocycles. The molecule has 1 heterocycles. The Morgan fingerprint density at radius 1 is 1.21 bits per heavy atom. The topological polar surface area (TPSA) is 57.6 Å². The number of hydrogen-bond acceptors (Lipinski definition) is 4. The highest BCUT2D eigenvalue weighted by Crippen LogP contribution is 2.19. The third-order valence-electron chi connectivity index (χ3n) is 2.77. The van der Waals surface area contributed by atoms with Crippen LogP contribution in [0, 0.1) is 0 Å². The van der Waals surface area contributed by atoms with Crippen LogP contribution in [0.15, 0.2) is 46.7 Å². The summed E-state index contributed by atoms with van der Waals surface area (Å²) >= 11 is 1.53. The second-order valence-electron chi connectivity index (χ2n) is 4.14. The average Bonchev–Trinajstić information content (AvgIpc) is 2.91. The van der Waals surface area contributed by atoms with Gasteiger partial charge in [0.2, 0.25) is 10.0 Å². The first-order chi connectivity index (χ1) is 9.04. The number of rotatable bonds is 5. The molecule has 19 heavy (non-hydrogen) atoms. The monoisotopic (exact) mass is 297 g/mol. The van der Waals surface area contributed by atoms with Crippen molar-refractivity contribution in [3.63, 3.8) is 0 Å². The Morgan fingerprint density at radius 3 is 2.42 bits per heavy atom. The molecule has 0 fully saturated rings. The summed E-state index contributed by atoms with van der Waals surface area (Å²) < 4.78 is 26.0. The van der Waals surface area contributed by atoms with Crippen LogP contribution in [0.2, 0.25) is 0 Å². The molecule has 0 amide bonds. The molecule has 0 saturated carbocycles. The van der Waals surface area contributed by atoms with Crippen LogP contribution >= 0.6 is 11.3 Å². The van der Waals surface area contributed by atoms with Crippen LogP contribution in [0.4, 0.5) is 0 Å². The van der Waals surface area contributed by atoms with Crippen molar-refractivity contribution in [2.24, 2.45) is 0 Å².